The maximum absolute atomic E-state index is 11.6. The molecule has 7 nitrogen and oxygen atoms in total. The Kier molecular flexibility index (Phi) is 6.16. The number of carbonyl (C=O) groups excluding carboxylic acids is 1. The Morgan fingerprint density at radius 3 is 2.64 bits per heavy atom. The lowest BCUT2D eigenvalue weighted by atomic mass is 10.2. The van der Waals surface area contributed by atoms with E-state index in [2.05, 4.69) is 21.2 Å². The van der Waals surface area contributed by atoms with Gasteiger partial charge in [-0.1, -0.05) is 0 Å². The maximum Gasteiger partial charge on any atom is 0.407 e. The van der Waals surface area contributed by atoms with E-state index < -0.39 is 16.6 Å². The number of hydrogen-bond acceptors (Lipinski definition) is 5. The zero-order chi connectivity index (χ0) is 16.9. The lowest BCUT2D eigenvalue weighted by molar-refractivity contribution is -0.385. The van der Waals surface area contributed by atoms with Crippen LogP contribution in [0.3, 0.4) is 0 Å². The zero-order valence-electron chi connectivity index (χ0n) is 12.9. The van der Waals surface area contributed by atoms with E-state index >= 15 is 0 Å². The summed E-state index contributed by atoms with van der Waals surface area (Å²) in [5, 5.41) is 13.4. The van der Waals surface area contributed by atoms with Crippen LogP contribution >= 0.6 is 15.9 Å². The highest BCUT2D eigenvalue weighted by Gasteiger charge is 2.18. The second kappa shape index (κ2) is 7.44. The van der Waals surface area contributed by atoms with Crippen LogP contribution in [-0.4, -0.2) is 29.3 Å². The number of rotatable bonds is 5. The quantitative estimate of drug-likeness (QED) is 0.627. The van der Waals surface area contributed by atoms with Crippen LogP contribution in [0.15, 0.2) is 22.7 Å². The molecule has 0 aromatic heterocycles. The number of amides is 1. The summed E-state index contributed by atoms with van der Waals surface area (Å²) in [5.74, 6) is 0.340. The molecule has 0 radical (unpaired) electrons. The molecule has 0 saturated carbocycles. The highest BCUT2D eigenvalue weighted by Crippen LogP contribution is 2.29. The van der Waals surface area contributed by atoms with E-state index in [0.717, 1.165) is 0 Å². The molecule has 1 aromatic carbocycles. The van der Waals surface area contributed by atoms with Crippen molar-refractivity contribution in [2.45, 2.75) is 39.3 Å². The third-order valence-electron chi connectivity index (χ3n) is 2.38. The number of alkyl carbamates (subject to hydrolysis) is 1. The molecule has 8 heteroatoms. The fraction of sp³-hybridized carbons (Fsp3) is 0.500. The molecular weight excluding hydrogens is 356 g/mol. The molecule has 22 heavy (non-hydrogen) atoms. The average Bonchev–Trinajstić information content (AvgIpc) is 2.34. The maximum atomic E-state index is 11.6. The summed E-state index contributed by atoms with van der Waals surface area (Å²) in [5.41, 5.74) is -0.640. The van der Waals surface area contributed by atoms with Gasteiger partial charge in [0, 0.05) is 6.07 Å². The summed E-state index contributed by atoms with van der Waals surface area (Å²) in [6.07, 6.45) is -0.540. The molecule has 122 valence electrons. The largest absolute Gasteiger partial charge is 0.490 e. The molecular formula is C14H19BrN2O5. The second-order valence-electron chi connectivity index (χ2n) is 5.73. The number of halogens is 1. The second-order valence-corrected chi connectivity index (χ2v) is 6.58. The number of nitro benzene ring substituents is 1. The van der Waals surface area contributed by atoms with Gasteiger partial charge in [-0.15, -0.1) is 0 Å². The van der Waals surface area contributed by atoms with Crippen LogP contribution in [0.25, 0.3) is 0 Å². The molecule has 0 aliphatic carbocycles. The molecule has 0 aliphatic rings. The Labute approximate surface area is 137 Å². The molecule has 1 amide bonds. The van der Waals surface area contributed by atoms with Crippen LogP contribution in [0, 0.1) is 10.1 Å². The van der Waals surface area contributed by atoms with Crippen molar-refractivity contribution < 1.29 is 19.2 Å². The number of nitro groups is 1. The number of ether oxygens (including phenoxy) is 2. The van der Waals surface area contributed by atoms with Gasteiger partial charge >= 0.3 is 6.09 Å². The van der Waals surface area contributed by atoms with E-state index in [0.29, 0.717) is 10.2 Å². The molecule has 1 N–H and O–H groups in total. The first-order valence-electron chi connectivity index (χ1n) is 6.65. The summed E-state index contributed by atoms with van der Waals surface area (Å²) in [6.45, 7) is 7.21. The fourth-order valence-electron chi connectivity index (χ4n) is 1.48. The number of non-ortho nitro benzene ring substituents is 1. The van der Waals surface area contributed by atoms with Gasteiger partial charge in [0.05, 0.1) is 21.5 Å². The minimum absolute atomic E-state index is 0.0639. The number of nitrogens with zero attached hydrogens (tertiary/aromatic N) is 1. The summed E-state index contributed by atoms with van der Waals surface area (Å²) in [4.78, 5) is 21.8. The van der Waals surface area contributed by atoms with Gasteiger partial charge in [-0.3, -0.25) is 10.1 Å². The Balaban J connectivity index is 2.57. The van der Waals surface area contributed by atoms with Crippen molar-refractivity contribution in [1.82, 2.24) is 5.32 Å². The standard InChI is InChI=1S/C14H19BrN2O5/c1-9(16-13(18)22-14(2,3)4)8-21-12-7-10(17(19)20)5-6-11(12)15/h5-7,9H,8H2,1-4H3,(H,16,18). The summed E-state index contributed by atoms with van der Waals surface area (Å²) in [7, 11) is 0. The predicted octanol–water partition coefficient (Wildman–Crippen LogP) is 3.65. The fourth-order valence-corrected chi connectivity index (χ4v) is 1.84. The highest BCUT2D eigenvalue weighted by atomic mass is 79.9. The molecule has 0 aliphatic heterocycles. The van der Waals surface area contributed by atoms with Crippen LogP contribution in [0.5, 0.6) is 5.75 Å². The highest BCUT2D eigenvalue weighted by molar-refractivity contribution is 9.10. The normalized spacial score (nSPS) is 12.4. The third kappa shape index (κ3) is 6.30. The van der Waals surface area contributed by atoms with Gasteiger partial charge in [-0.2, -0.15) is 0 Å². The van der Waals surface area contributed by atoms with Crippen molar-refractivity contribution in [3.8, 4) is 5.75 Å². The molecule has 1 rings (SSSR count). The van der Waals surface area contributed by atoms with Crippen molar-refractivity contribution >= 4 is 27.7 Å². The Hall–Kier alpha value is -1.83. The molecule has 1 aromatic rings. The van der Waals surface area contributed by atoms with Crippen LogP contribution in [0.1, 0.15) is 27.7 Å². The average molecular weight is 375 g/mol. The van der Waals surface area contributed by atoms with Gasteiger partial charge in [0.25, 0.3) is 5.69 Å². The van der Waals surface area contributed by atoms with Gasteiger partial charge in [0.1, 0.15) is 18.0 Å². The van der Waals surface area contributed by atoms with E-state index in [1.807, 2.05) is 0 Å². The first kappa shape index (κ1) is 18.2. The first-order valence-corrected chi connectivity index (χ1v) is 7.44. The van der Waals surface area contributed by atoms with Crippen LogP contribution in [0.2, 0.25) is 0 Å². The van der Waals surface area contributed by atoms with E-state index in [9.17, 15) is 14.9 Å². The summed E-state index contributed by atoms with van der Waals surface area (Å²) in [6, 6.07) is 3.92. The zero-order valence-corrected chi connectivity index (χ0v) is 14.5. The monoisotopic (exact) mass is 374 g/mol. The molecule has 0 bridgehead atoms. The van der Waals surface area contributed by atoms with Crippen molar-refractivity contribution in [3.63, 3.8) is 0 Å². The Bertz CT molecular complexity index is 557. The Morgan fingerprint density at radius 1 is 1.45 bits per heavy atom. The molecule has 0 heterocycles. The predicted molar refractivity (Wildman–Crippen MR) is 85.1 cm³/mol. The van der Waals surface area contributed by atoms with Crippen molar-refractivity contribution in [2.75, 3.05) is 6.61 Å². The van der Waals surface area contributed by atoms with Gasteiger partial charge < -0.3 is 14.8 Å². The van der Waals surface area contributed by atoms with Crippen LogP contribution in [-0.2, 0) is 4.74 Å². The minimum atomic E-state index is -0.576. The smallest absolute Gasteiger partial charge is 0.407 e. The van der Waals surface area contributed by atoms with Crippen LogP contribution in [0.4, 0.5) is 10.5 Å². The molecule has 1 unspecified atom stereocenters. The lowest BCUT2D eigenvalue weighted by Crippen LogP contribution is -2.40. The van der Waals surface area contributed by atoms with Crippen LogP contribution < -0.4 is 10.1 Å². The topological polar surface area (TPSA) is 90.7 Å². The van der Waals surface area contributed by atoms with E-state index in [1.165, 1.54) is 12.1 Å². The first-order chi connectivity index (χ1) is 10.1. The SMILES string of the molecule is CC(COc1cc([N+](=O)[O-])ccc1Br)NC(=O)OC(C)(C)C. The molecule has 0 saturated heterocycles. The number of benzene rings is 1. The van der Waals surface area contributed by atoms with E-state index in [1.54, 1.807) is 33.8 Å². The lowest BCUT2D eigenvalue weighted by Gasteiger charge is -2.22. The van der Waals surface area contributed by atoms with Crippen molar-refractivity contribution in [1.29, 1.82) is 0 Å². The van der Waals surface area contributed by atoms with Gasteiger partial charge in [-0.25, -0.2) is 4.79 Å². The van der Waals surface area contributed by atoms with Gasteiger partial charge in [0.2, 0.25) is 0 Å². The molecule has 0 spiro atoms. The molecule has 1 atom stereocenters. The number of carbonyl (C=O) groups is 1. The van der Waals surface area contributed by atoms with Crippen molar-refractivity contribution in [3.05, 3.63) is 32.8 Å². The number of hydrogen-bond donors (Lipinski definition) is 1. The summed E-state index contributed by atoms with van der Waals surface area (Å²) >= 11 is 3.26. The van der Waals surface area contributed by atoms with Gasteiger partial charge in [0.15, 0.2) is 0 Å². The van der Waals surface area contributed by atoms with E-state index in [4.69, 9.17) is 9.47 Å². The Morgan fingerprint density at radius 2 is 2.09 bits per heavy atom. The molecule has 0 fully saturated rings. The third-order valence-corrected chi connectivity index (χ3v) is 3.03. The van der Waals surface area contributed by atoms with E-state index in [-0.39, 0.29) is 18.3 Å². The summed E-state index contributed by atoms with van der Waals surface area (Å²) < 4.78 is 11.2. The number of nitrogens with one attached hydrogen (secondary N) is 1. The minimum Gasteiger partial charge on any atom is -0.490 e. The van der Waals surface area contributed by atoms with Crippen molar-refractivity contribution in [2.24, 2.45) is 0 Å². The van der Waals surface area contributed by atoms with Gasteiger partial charge in [-0.05, 0) is 49.7 Å².